The van der Waals surface area contributed by atoms with Crippen LogP contribution < -0.4 is 10.6 Å². The summed E-state index contributed by atoms with van der Waals surface area (Å²) in [5.41, 5.74) is 6.53. The van der Waals surface area contributed by atoms with Gasteiger partial charge in [0.15, 0.2) is 0 Å². The summed E-state index contributed by atoms with van der Waals surface area (Å²) in [6.45, 7) is 2.58. The predicted molar refractivity (Wildman–Crippen MR) is 61.2 cm³/mol. The summed E-state index contributed by atoms with van der Waals surface area (Å²) in [6, 6.07) is 3.91. The molecule has 0 amide bonds. The van der Waals surface area contributed by atoms with Gasteiger partial charge in [-0.25, -0.2) is 4.98 Å². The Kier molecular flexibility index (Phi) is 3.71. The second-order valence-electron chi connectivity index (χ2n) is 3.83. The van der Waals surface area contributed by atoms with Gasteiger partial charge in [0.05, 0.1) is 25.9 Å². The maximum atomic E-state index is 9.25. The normalized spacial score (nSPS) is 21.1. The highest BCUT2D eigenvalue weighted by Gasteiger charge is 2.23. The highest BCUT2D eigenvalue weighted by atomic mass is 16.5. The molecule has 5 heteroatoms. The molecule has 0 bridgehead atoms. The second-order valence-corrected chi connectivity index (χ2v) is 3.83. The number of aliphatic hydroxyl groups is 1. The first-order chi connectivity index (χ1) is 7.85. The zero-order chi connectivity index (χ0) is 11.4. The molecule has 5 nitrogen and oxygen atoms in total. The number of anilines is 1. The quantitative estimate of drug-likeness (QED) is 0.738. The lowest BCUT2D eigenvalue weighted by atomic mass is 10.2. The number of aromatic nitrogens is 1. The van der Waals surface area contributed by atoms with Crippen LogP contribution in [0.5, 0.6) is 0 Å². The number of morpholine rings is 1. The standard InChI is InChI=1S/C11H17N3O2/c12-5-9-1-2-11(13-6-9)14-3-4-16-8-10(14)7-15/h1-2,6,10,15H,3-5,7-8,12H2. The Bertz CT molecular complexity index is 329. The average molecular weight is 223 g/mol. The monoisotopic (exact) mass is 223 g/mol. The van der Waals surface area contributed by atoms with Gasteiger partial charge in [-0.3, -0.25) is 0 Å². The molecule has 0 saturated carbocycles. The van der Waals surface area contributed by atoms with Gasteiger partial charge in [0.25, 0.3) is 0 Å². The van der Waals surface area contributed by atoms with E-state index in [0.717, 1.165) is 17.9 Å². The van der Waals surface area contributed by atoms with Crippen molar-refractivity contribution in [3.8, 4) is 0 Å². The van der Waals surface area contributed by atoms with E-state index in [2.05, 4.69) is 9.88 Å². The third-order valence-corrected chi connectivity index (χ3v) is 2.78. The van der Waals surface area contributed by atoms with Crippen molar-refractivity contribution in [3.05, 3.63) is 23.9 Å². The van der Waals surface area contributed by atoms with Gasteiger partial charge < -0.3 is 20.5 Å². The topological polar surface area (TPSA) is 71.6 Å². The number of hydrogen-bond acceptors (Lipinski definition) is 5. The summed E-state index contributed by atoms with van der Waals surface area (Å²) in [4.78, 5) is 6.42. The van der Waals surface area contributed by atoms with Crippen LogP contribution in [-0.4, -0.2) is 42.5 Å². The SMILES string of the molecule is NCc1ccc(N2CCOCC2CO)nc1. The van der Waals surface area contributed by atoms with Gasteiger partial charge in [0.1, 0.15) is 5.82 Å². The zero-order valence-corrected chi connectivity index (χ0v) is 9.17. The summed E-state index contributed by atoms with van der Waals surface area (Å²) in [7, 11) is 0. The molecule has 1 fully saturated rings. The summed E-state index contributed by atoms with van der Waals surface area (Å²) >= 11 is 0. The van der Waals surface area contributed by atoms with Crippen molar-refractivity contribution in [2.75, 3.05) is 31.3 Å². The molecule has 1 aromatic rings. The Morgan fingerprint density at radius 2 is 2.44 bits per heavy atom. The summed E-state index contributed by atoms with van der Waals surface area (Å²) in [6.07, 6.45) is 1.78. The van der Waals surface area contributed by atoms with E-state index >= 15 is 0 Å². The number of ether oxygens (including phenoxy) is 1. The molecule has 1 unspecified atom stereocenters. The molecule has 1 saturated heterocycles. The second kappa shape index (κ2) is 5.25. The first-order valence-corrected chi connectivity index (χ1v) is 5.45. The molecule has 1 atom stereocenters. The van der Waals surface area contributed by atoms with Crippen LogP contribution in [0.1, 0.15) is 5.56 Å². The van der Waals surface area contributed by atoms with Crippen molar-refractivity contribution in [3.63, 3.8) is 0 Å². The minimum absolute atomic E-state index is 0.00461. The number of pyridine rings is 1. The van der Waals surface area contributed by atoms with Crippen LogP contribution in [0.15, 0.2) is 18.3 Å². The molecule has 88 valence electrons. The largest absolute Gasteiger partial charge is 0.394 e. The smallest absolute Gasteiger partial charge is 0.128 e. The van der Waals surface area contributed by atoms with Crippen molar-refractivity contribution < 1.29 is 9.84 Å². The van der Waals surface area contributed by atoms with Crippen LogP contribution >= 0.6 is 0 Å². The molecular weight excluding hydrogens is 206 g/mol. The third kappa shape index (κ3) is 2.32. The fraction of sp³-hybridized carbons (Fsp3) is 0.545. The van der Waals surface area contributed by atoms with Crippen molar-refractivity contribution in [2.45, 2.75) is 12.6 Å². The van der Waals surface area contributed by atoms with Gasteiger partial charge in [-0.1, -0.05) is 6.07 Å². The van der Waals surface area contributed by atoms with Crippen LogP contribution in [0.4, 0.5) is 5.82 Å². The van der Waals surface area contributed by atoms with Gasteiger partial charge in [-0.2, -0.15) is 0 Å². The number of nitrogens with two attached hydrogens (primary N) is 1. The fourth-order valence-electron chi connectivity index (χ4n) is 1.82. The molecule has 0 spiro atoms. The Morgan fingerprint density at radius 1 is 1.56 bits per heavy atom. The molecule has 1 aliphatic heterocycles. The van der Waals surface area contributed by atoms with E-state index in [-0.39, 0.29) is 12.6 Å². The first kappa shape index (κ1) is 11.3. The fourth-order valence-corrected chi connectivity index (χ4v) is 1.82. The lowest BCUT2D eigenvalue weighted by molar-refractivity contribution is 0.0723. The number of nitrogens with zero attached hydrogens (tertiary/aromatic N) is 2. The van der Waals surface area contributed by atoms with Crippen LogP contribution in [0, 0.1) is 0 Å². The van der Waals surface area contributed by atoms with E-state index in [9.17, 15) is 5.11 Å². The first-order valence-electron chi connectivity index (χ1n) is 5.45. The van der Waals surface area contributed by atoms with Gasteiger partial charge in [0, 0.05) is 19.3 Å². The molecular formula is C11H17N3O2. The summed E-state index contributed by atoms with van der Waals surface area (Å²) in [5.74, 6) is 0.875. The van der Waals surface area contributed by atoms with Crippen molar-refractivity contribution >= 4 is 5.82 Å². The lowest BCUT2D eigenvalue weighted by Gasteiger charge is -2.35. The summed E-state index contributed by atoms with van der Waals surface area (Å²) < 4.78 is 5.32. The van der Waals surface area contributed by atoms with Crippen LogP contribution in [0.2, 0.25) is 0 Å². The minimum Gasteiger partial charge on any atom is -0.394 e. The van der Waals surface area contributed by atoms with E-state index in [1.165, 1.54) is 0 Å². The number of hydrogen-bond donors (Lipinski definition) is 2. The van der Waals surface area contributed by atoms with E-state index in [1.807, 2.05) is 12.1 Å². The molecule has 1 aliphatic rings. The maximum absolute atomic E-state index is 9.25. The van der Waals surface area contributed by atoms with Gasteiger partial charge in [0.2, 0.25) is 0 Å². The average Bonchev–Trinajstić information content (AvgIpc) is 2.39. The molecule has 0 aliphatic carbocycles. The Morgan fingerprint density at radius 3 is 3.06 bits per heavy atom. The minimum atomic E-state index is 0.00461. The van der Waals surface area contributed by atoms with Gasteiger partial charge in [-0.15, -0.1) is 0 Å². The van der Waals surface area contributed by atoms with Crippen LogP contribution in [0.25, 0.3) is 0 Å². The molecule has 0 radical (unpaired) electrons. The predicted octanol–water partition coefficient (Wildman–Crippen LogP) is -0.262. The molecule has 2 rings (SSSR count). The van der Waals surface area contributed by atoms with Crippen LogP contribution in [0.3, 0.4) is 0 Å². The van der Waals surface area contributed by atoms with Crippen molar-refractivity contribution in [1.29, 1.82) is 0 Å². The Hall–Kier alpha value is -1.17. The van der Waals surface area contributed by atoms with Gasteiger partial charge >= 0.3 is 0 Å². The summed E-state index contributed by atoms with van der Waals surface area (Å²) in [5, 5.41) is 9.25. The van der Waals surface area contributed by atoms with Gasteiger partial charge in [-0.05, 0) is 11.6 Å². The Labute approximate surface area is 94.8 Å². The molecule has 3 N–H and O–H groups in total. The lowest BCUT2D eigenvalue weighted by Crippen LogP contribution is -2.48. The molecule has 1 aromatic heterocycles. The maximum Gasteiger partial charge on any atom is 0.128 e. The van der Waals surface area contributed by atoms with E-state index in [4.69, 9.17) is 10.5 Å². The van der Waals surface area contributed by atoms with E-state index in [0.29, 0.717) is 19.8 Å². The molecule has 2 heterocycles. The van der Waals surface area contributed by atoms with E-state index < -0.39 is 0 Å². The highest BCUT2D eigenvalue weighted by molar-refractivity contribution is 5.41. The third-order valence-electron chi connectivity index (χ3n) is 2.78. The van der Waals surface area contributed by atoms with Crippen molar-refractivity contribution in [1.82, 2.24) is 4.98 Å². The van der Waals surface area contributed by atoms with E-state index in [1.54, 1.807) is 6.20 Å². The molecule has 16 heavy (non-hydrogen) atoms. The molecule has 0 aromatic carbocycles. The van der Waals surface area contributed by atoms with Crippen molar-refractivity contribution in [2.24, 2.45) is 5.73 Å². The number of aliphatic hydroxyl groups excluding tert-OH is 1. The van der Waals surface area contributed by atoms with Crippen LogP contribution in [-0.2, 0) is 11.3 Å². The zero-order valence-electron chi connectivity index (χ0n) is 9.17. The highest BCUT2D eigenvalue weighted by Crippen LogP contribution is 2.17. The Balaban J connectivity index is 2.14. The number of rotatable bonds is 3.